The Kier molecular flexibility index (Phi) is 5.83. The van der Waals surface area contributed by atoms with Crippen molar-refractivity contribution in [3.05, 3.63) is 0 Å². The Morgan fingerprint density at radius 3 is 3.00 bits per heavy atom. The van der Waals surface area contributed by atoms with E-state index in [0.717, 1.165) is 25.7 Å². The first-order valence-electron chi connectivity index (χ1n) is 5.18. The van der Waals surface area contributed by atoms with E-state index in [1.54, 1.807) is 0 Å². The van der Waals surface area contributed by atoms with E-state index < -0.39 is 0 Å². The average Bonchev–Trinajstić information content (AvgIpc) is 2.65. The molecule has 0 aromatic heterocycles. The molecule has 13 heavy (non-hydrogen) atoms. The highest BCUT2D eigenvalue weighted by molar-refractivity contribution is 7.98. The summed E-state index contributed by atoms with van der Waals surface area (Å²) in [7, 11) is 0. The summed E-state index contributed by atoms with van der Waals surface area (Å²) in [5.41, 5.74) is 0. The topological polar surface area (TPSA) is 21.3 Å². The highest BCUT2D eigenvalue weighted by Crippen LogP contribution is 2.18. The molecule has 2 unspecified atom stereocenters. The molecule has 1 fully saturated rings. The molecule has 0 saturated carbocycles. The average molecular weight is 203 g/mol. The lowest BCUT2D eigenvalue weighted by atomic mass is 9.97. The van der Waals surface area contributed by atoms with Crippen molar-refractivity contribution in [3.63, 3.8) is 0 Å². The largest absolute Gasteiger partial charge is 0.381 e. The fraction of sp³-hybridized carbons (Fsp3) is 1.00. The van der Waals surface area contributed by atoms with Crippen molar-refractivity contribution >= 4 is 11.8 Å². The molecule has 78 valence electrons. The van der Waals surface area contributed by atoms with Gasteiger partial charge >= 0.3 is 0 Å². The molecule has 0 amide bonds. The van der Waals surface area contributed by atoms with Crippen LogP contribution in [0.2, 0.25) is 0 Å². The summed E-state index contributed by atoms with van der Waals surface area (Å²) in [6.07, 6.45) is 4.62. The van der Waals surface area contributed by atoms with Gasteiger partial charge in [0.25, 0.3) is 0 Å². The zero-order chi connectivity index (χ0) is 9.52. The van der Waals surface area contributed by atoms with Crippen molar-refractivity contribution in [2.75, 3.05) is 31.8 Å². The van der Waals surface area contributed by atoms with Gasteiger partial charge in [0.15, 0.2) is 0 Å². The van der Waals surface area contributed by atoms with Crippen molar-refractivity contribution in [1.82, 2.24) is 5.32 Å². The van der Waals surface area contributed by atoms with Gasteiger partial charge in [0.05, 0.1) is 6.61 Å². The third-order valence-electron chi connectivity index (χ3n) is 2.69. The maximum atomic E-state index is 5.40. The minimum atomic E-state index is 0.676. The molecule has 1 aliphatic rings. The van der Waals surface area contributed by atoms with Crippen LogP contribution in [0.1, 0.15) is 19.8 Å². The molecule has 0 radical (unpaired) electrons. The smallest absolute Gasteiger partial charge is 0.0509 e. The van der Waals surface area contributed by atoms with Crippen LogP contribution in [-0.4, -0.2) is 37.8 Å². The predicted octanol–water partition coefficient (Wildman–Crippen LogP) is 1.75. The summed E-state index contributed by atoms with van der Waals surface area (Å²) < 4.78 is 5.40. The molecule has 3 heteroatoms. The maximum absolute atomic E-state index is 5.40. The van der Waals surface area contributed by atoms with E-state index in [9.17, 15) is 0 Å². The second kappa shape index (κ2) is 6.68. The number of hydrogen-bond donors (Lipinski definition) is 1. The van der Waals surface area contributed by atoms with Gasteiger partial charge in [-0.3, -0.25) is 0 Å². The molecule has 1 rings (SSSR count). The predicted molar refractivity (Wildman–Crippen MR) is 59.4 cm³/mol. The lowest BCUT2D eigenvalue weighted by Gasteiger charge is -2.22. The first-order chi connectivity index (χ1) is 6.38. The van der Waals surface area contributed by atoms with E-state index in [0.29, 0.717) is 6.04 Å². The number of thioether (sulfide) groups is 1. The number of hydrogen-bond acceptors (Lipinski definition) is 3. The van der Waals surface area contributed by atoms with E-state index >= 15 is 0 Å². The van der Waals surface area contributed by atoms with Crippen molar-refractivity contribution in [2.24, 2.45) is 5.92 Å². The Morgan fingerprint density at radius 1 is 1.62 bits per heavy atom. The molecule has 0 bridgehead atoms. The lowest BCUT2D eigenvalue weighted by Crippen LogP contribution is -2.37. The first-order valence-corrected chi connectivity index (χ1v) is 6.58. The standard InChI is InChI=1S/C10H21NOS/c1-3-10(11-5-7-13-2)9-4-6-12-8-9/h9-11H,3-8H2,1-2H3. The summed E-state index contributed by atoms with van der Waals surface area (Å²) in [5.74, 6) is 1.97. The highest BCUT2D eigenvalue weighted by Gasteiger charge is 2.23. The second-order valence-electron chi connectivity index (χ2n) is 3.59. The van der Waals surface area contributed by atoms with E-state index in [2.05, 4.69) is 18.5 Å². The van der Waals surface area contributed by atoms with Crippen LogP contribution >= 0.6 is 11.8 Å². The molecule has 1 heterocycles. The van der Waals surface area contributed by atoms with Crippen molar-refractivity contribution < 1.29 is 4.74 Å². The molecule has 0 aromatic carbocycles. The zero-order valence-electron chi connectivity index (χ0n) is 8.71. The molecule has 0 aliphatic carbocycles. The second-order valence-corrected chi connectivity index (χ2v) is 4.57. The highest BCUT2D eigenvalue weighted by atomic mass is 32.2. The number of ether oxygens (including phenoxy) is 1. The maximum Gasteiger partial charge on any atom is 0.0509 e. The molecule has 0 spiro atoms. The molecule has 2 atom stereocenters. The van der Waals surface area contributed by atoms with Crippen LogP contribution in [0.25, 0.3) is 0 Å². The monoisotopic (exact) mass is 203 g/mol. The normalized spacial score (nSPS) is 24.9. The molecule has 1 aliphatic heterocycles. The Balaban J connectivity index is 2.16. The SMILES string of the molecule is CCC(NCCSC)C1CCOC1. The van der Waals surface area contributed by atoms with E-state index in [-0.39, 0.29) is 0 Å². The number of nitrogens with one attached hydrogen (secondary N) is 1. The summed E-state index contributed by atoms with van der Waals surface area (Å²) in [6.45, 7) is 5.32. The zero-order valence-corrected chi connectivity index (χ0v) is 9.53. The minimum absolute atomic E-state index is 0.676. The molecule has 1 saturated heterocycles. The van der Waals surface area contributed by atoms with Gasteiger partial charge in [-0.15, -0.1) is 0 Å². The quantitative estimate of drug-likeness (QED) is 0.665. The van der Waals surface area contributed by atoms with Gasteiger partial charge in [0.1, 0.15) is 0 Å². The third-order valence-corrected chi connectivity index (χ3v) is 3.30. The molecule has 2 nitrogen and oxygen atoms in total. The van der Waals surface area contributed by atoms with Gasteiger partial charge in [-0.2, -0.15) is 11.8 Å². The minimum Gasteiger partial charge on any atom is -0.381 e. The molecule has 1 N–H and O–H groups in total. The van der Waals surface area contributed by atoms with Gasteiger partial charge in [-0.05, 0) is 25.0 Å². The Bertz CT molecular complexity index is 126. The van der Waals surface area contributed by atoms with Crippen LogP contribution < -0.4 is 5.32 Å². The van der Waals surface area contributed by atoms with Gasteiger partial charge in [-0.25, -0.2) is 0 Å². The third kappa shape index (κ3) is 3.88. The van der Waals surface area contributed by atoms with Crippen molar-refractivity contribution in [1.29, 1.82) is 0 Å². The fourth-order valence-corrected chi connectivity index (χ4v) is 2.18. The molecule has 0 aromatic rings. The Hall–Kier alpha value is 0.270. The summed E-state index contributed by atoms with van der Waals surface area (Å²) in [5, 5.41) is 3.61. The summed E-state index contributed by atoms with van der Waals surface area (Å²) in [6, 6.07) is 0.676. The van der Waals surface area contributed by atoms with Gasteiger partial charge in [0, 0.05) is 24.9 Å². The summed E-state index contributed by atoms with van der Waals surface area (Å²) >= 11 is 1.90. The van der Waals surface area contributed by atoms with Crippen LogP contribution in [0.3, 0.4) is 0 Å². The van der Waals surface area contributed by atoms with E-state index in [1.165, 1.54) is 18.6 Å². The fourth-order valence-electron chi connectivity index (χ4n) is 1.86. The summed E-state index contributed by atoms with van der Waals surface area (Å²) in [4.78, 5) is 0. The first kappa shape index (κ1) is 11.3. The molecular formula is C10H21NOS. The molecular weight excluding hydrogens is 182 g/mol. The van der Waals surface area contributed by atoms with Crippen molar-refractivity contribution in [3.8, 4) is 0 Å². The van der Waals surface area contributed by atoms with Gasteiger partial charge < -0.3 is 10.1 Å². The van der Waals surface area contributed by atoms with Crippen LogP contribution in [-0.2, 0) is 4.74 Å². The van der Waals surface area contributed by atoms with Gasteiger partial charge in [0.2, 0.25) is 0 Å². The van der Waals surface area contributed by atoms with Crippen LogP contribution in [0.15, 0.2) is 0 Å². The van der Waals surface area contributed by atoms with Crippen LogP contribution in [0.5, 0.6) is 0 Å². The van der Waals surface area contributed by atoms with Crippen LogP contribution in [0, 0.1) is 5.92 Å². The lowest BCUT2D eigenvalue weighted by molar-refractivity contribution is 0.176. The van der Waals surface area contributed by atoms with Crippen LogP contribution in [0.4, 0.5) is 0 Å². The van der Waals surface area contributed by atoms with Gasteiger partial charge in [-0.1, -0.05) is 6.92 Å². The van der Waals surface area contributed by atoms with E-state index in [4.69, 9.17) is 4.74 Å². The van der Waals surface area contributed by atoms with E-state index in [1.807, 2.05) is 11.8 Å². The Labute approximate surface area is 85.8 Å². The Morgan fingerprint density at radius 2 is 2.46 bits per heavy atom. The number of rotatable bonds is 6. The van der Waals surface area contributed by atoms with Crippen molar-refractivity contribution in [2.45, 2.75) is 25.8 Å².